The summed E-state index contributed by atoms with van der Waals surface area (Å²) in [6.07, 6.45) is 4.45. The Bertz CT molecular complexity index is 2740. The quantitative estimate of drug-likeness (QED) is 0.0404. The monoisotopic (exact) mass is 1020 g/mol. The van der Waals surface area contributed by atoms with Crippen LogP contribution in [0.5, 0.6) is 5.75 Å². The summed E-state index contributed by atoms with van der Waals surface area (Å²) in [4.78, 5) is 34.7. The third-order valence-electron chi connectivity index (χ3n) is 13.3. The van der Waals surface area contributed by atoms with E-state index < -0.39 is 37.9 Å². The molecule has 1 fully saturated rings. The van der Waals surface area contributed by atoms with Crippen molar-refractivity contribution in [3.05, 3.63) is 83.8 Å². The first-order chi connectivity index (χ1) is 34.3. The minimum atomic E-state index is -3.89. The predicted octanol–water partition coefficient (Wildman–Crippen LogP) is 6.79. The van der Waals surface area contributed by atoms with Gasteiger partial charge in [-0.3, -0.25) is 19.7 Å². The van der Waals surface area contributed by atoms with Gasteiger partial charge < -0.3 is 49.9 Å². The fourth-order valence-corrected chi connectivity index (χ4v) is 10.4. The van der Waals surface area contributed by atoms with E-state index in [1.54, 1.807) is 56.1 Å². The Morgan fingerprint density at radius 1 is 0.903 bits per heavy atom. The van der Waals surface area contributed by atoms with Crippen LogP contribution in [0.1, 0.15) is 84.9 Å². The molecule has 2 aromatic heterocycles. The van der Waals surface area contributed by atoms with E-state index in [0.29, 0.717) is 79.2 Å². The molecule has 0 saturated carbocycles. The molecule has 3 heterocycles. The van der Waals surface area contributed by atoms with Crippen LogP contribution in [0.4, 0.5) is 15.9 Å². The minimum Gasteiger partial charge on any atom is -0.490 e. The lowest BCUT2D eigenvalue weighted by Crippen LogP contribution is -2.58. The number of likely N-dealkylation sites (tertiary alicyclic amines) is 1. The number of fused-ring (bicyclic) bond motifs is 3. The van der Waals surface area contributed by atoms with Crippen LogP contribution in [-0.4, -0.2) is 142 Å². The maximum Gasteiger partial charge on any atom is 0.243 e. The lowest BCUT2D eigenvalue weighted by molar-refractivity contribution is -0.142. The number of ether oxygens (including phenoxy) is 5. The van der Waals surface area contributed by atoms with Crippen LogP contribution in [0.15, 0.2) is 71.8 Å². The molecule has 0 spiro atoms. The number of sulfone groups is 1. The van der Waals surface area contributed by atoms with Crippen molar-refractivity contribution in [1.82, 2.24) is 36.0 Å². The van der Waals surface area contributed by atoms with Gasteiger partial charge in [-0.25, -0.2) is 12.8 Å². The highest BCUT2D eigenvalue weighted by Crippen LogP contribution is 2.38. The van der Waals surface area contributed by atoms with Gasteiger partial charge in [0.25, 0.3) is 0 Å². The molecule has 17 nitrogen and oxygen atoms in total. The van der Waals surface area contributed by atoms with Crippen LogP contribution < -0.4 is 26.0 Å². The van der Waals surface area contributed by atoms with Gasteiger partial charge >= 0.3 is 0 Å². The predicted molar refractivity (Wildman–Crippen MR) is 276 cm³/mol. The number of aryl methyl sites for hydroxylation is 1. The van der Waals surface area contributed by atoms with Gasteiger partial charge in [0.05, 0.1) is 85.9 Å². The molecule has 19 heteroatoms. The van der Waals surface area contributed by atoms with E-state index in [1.165, 1.54) is 17.7 Å². The zero-order valence-electron chi connectivity index (χ0n) is 42.9. The number of hydrogen-bond acceptors (Lipinski definition) is 14. The summed E-state index contributed by atoms with van der Waals surface area (Å²) < 4.78 is 70.3. The number of aromatic amines is 1. The highest BCUT2D eigenvalue weighted by atomic mass is 32.2. The Morgan fingerprint density at radius 2 is 1.61 bits per heavy atom. The summed E-state index contributed by atoms with van der Waals surface area (Å²) >= 11 is 0. The van der Waals surface area contributed by atoms with Gasteiger partial charge in [-0.15, -0.1) is 0 Å². The number of amides is 2. The second-order valence-electron chi connectivity index (χ2n) is 20.6. The van der Waals surface area contributed by atoms with Crippen molar-refractivity contribution in [3.8, 4) is 5.75 Å². The van der Waals surface area contributed by atoms with Crippen molar-refractivity contribution in [2.75, 3.05) is 78.3 Å². The van der Waals surface area contributed by atoms with Crippen molar-refractivity contribution in [2.24, 2.45) is 5.41 Å². The molecular weight excluding hydrogens is 944 g/mol. The Kier molecular flexibility index (Phi) is 18.3. The number of anilines is 2. The molecule has 0 unspecified atom stereocenters. The smallest absolute Gasteiger partial charge is 0.243 e. The molecule has 2 amide bonds. The molecule has 392 valence electrons. The maximum absolute atomic E-state index is 14.4. The van der Waals surface area contributed by atoms with Gasteiger partial charge in [0.2, 0.25) is 11.8 Å². The number of rotatable bonds is 24. The number of likely N-dealkylation sites (N-methyl/N-ethyl adjacent to an activating group) is 1. The normalized spacial score (nSPS) is 18.3. The third-order valence-corrected chi connectivity index (χ3v) is 15.8. The molecule has 0 radical (unpaired) electrons. The number of H-pyrrole nitrogens is 1. The first-order valence-corrected chi connectivity index (χ1v) is 26.5. The summed E-state index contributed by atoms with van der Waals surface area (Å²) in [5.74, 6) is -0.154. The van der Waals surface area contributed by atoms with E-state index in [1.807, 2.05) is 40.0 Å². The first kappa shape index (κ1) is 54.5. The average molecular weight is 1020 g/mol. The van der Waals surface area contributed by atoms with E-state index in [9.17, 15) is 22.4 Å². The minimum absolute atomic E-state index is 0.00608. The molecule has 5 atom stereocenters. The van der Waals surface area contributed by atoms with E-state index >= 15 is 0 Å². The van der Waals surface area contributed by atoms with E-state index in [2.05, 4.69) is 55.5 Å². The number of carbonyl (C=O) groups excluding carboxylic acids is 2. The highest BCUT2D eigenvalue weighted by molar-refractivity contribution is 7.92. The number of carbonyl (C=O) groups is 2. The largest absolute Gasteiger partial charge is 0.490 e. The summed E-state index contributed by atoms with van der Waals surface area (Å²) in [5, 5.41) is 21.5. The number of pyridine rings is 1. The molecular formula is C53H73FN8O9S. The average Bonchev–Trinajstić information content (AvgIpc) is 3.96. The van der Waals surface area contributed by atoms with Gasteiger partial charge in [0.15, 0.2) is 15.7 Å². The molecule has 1 saturated heterocycles. The first-order valence-electron chi connectivity index (χ1n) is 25.0. The van der Waals surface area contributed by atoms with Crippen LogP contribution in [0.2, 0.25) is 0 Å². The topological polar surface area (TPSA) is 207 Å². The van der Waals surface area contributed by atoms with Crippen molar-refractivity contribution in [3.63, 3.8) is 0 Å². The lowest BCUT2D eigenvalue weighted by Gasteiger charge is -2.36. The van der Waals surface area contributed by atoms with Crippen LogP contribution in [0.25, 0.3) is 21.8 Å². The van der Waals surface area contributed by atoms with E-state index in [-0.39, 0.29) is 67.1 Å². The standard InChI is InChI=1S/C53H73FN8O9S/c1-34(55-8)32-57-48(52(2,3)4)51(64)62-33-37(29-45(62)50(63)59-41-15-11-13-35-12-9-10-14-38(35)41)70-26-24-68-22-20-67-21-23-69-25-27-71-46-31-44-39(30-47(46)72(65,66)53(5,6)7)42(18-19-56-44)58-49-40-28-36(54)16-17-43(40)60-61-49/h9-10,12,14,16-19,28,30-31,34,37,41,45,48,55,57H,11,13,15,20-27,29,32-33H2,1-8H3,(H,59,63)(H2,56,58,60,61)/t34-,37-,41+,45-,48+/m0/s1. The van der Waals surface area contributed by atoms with Gasteiger partial charge in [-0.1, -0.05) is 45.0 Å². The molecule has 1 aliphatic heterocycles. The van der Waals surface area contributed by atoms with Crippen LogP contribution in [0, 0.1) is 11.2 Å². The second-order valence-corrected chi connectivity index (χ2v) is 23.3. The molecule has 72 heavy (non-hydrogen) atoms. The molecule has 0 bridgehead atoms. The van der Waals surface area contributed by atoms with Crippen molar-refractivity contribution >= 4 is 55.0 Å². The van der Waals surface area contributed by atoms with Crippen molar-refractivity contribution in [2.45, 2.75) is 114 Å². The molecule has 7 rings (SSSR count). The summed E-state index contributed by atoms with van der Waals surface area (Å²) in [6.45, 7) is 16.0. The Hall–Kier alpha value is -5.28. The van der Waals surface area contributed by atoms with Crippen LogP contribution >= 0.6 is 0 Å². The van der Waals surface area contributed by atoms with E-state index in [0.717, 1.165) is 24.8 Å². The Labute approximate surface area is 422 Å². The molecule has 2 aliphatic rings. The summed E-state index contributed by atoms with van der Waals surface area (Å²) in [6, 6.07) is 16.3. The lowest BCUT2D eigenvalue weighted by atomic mass is 9.85. The molecule has 3 aromatic carbocycles. The number of nitrogens with one attached hydrogen (secondary N) is 5. The highest BCUT2D eigenvalue weighted by Gasteiger charge is 2.45. The molecule has 1 aliphatic carbocycles. The van der Waals surface area contributed by atoms with Gasteiger partial charge in [-0.05, 0) is 101 Å². The number of benzene rings is 3. The molecule has 5 N–H and O–H groups in total. The van der Waals surface area contributed by atoms with Gasteiger partial charge in [0.1, 0.15) is 29.1 Å². The maximum atomic E-state index is 14.4. The van der Waals surface area contributed by atoms with Gasteiger partial charge in [0, 0.05) is 48.6 Å². The van der Waals surface area contributed by atoms with Crippen LogP contribution in [-0.2, 0) is 44.8 Å². The van der Waals surface area contributed by atoms with Crippen molar-refractivity contribution < 1.29 is 46.1 Å². The number of halogens is 1. The van der Waals surface area contributed by atoms with Crippen molar-refractivity contribution in [1.29, 1.82) is 0 Å². The molecule has 5 aromatic rings. The zero-order valence-corrected chi connectivity index (χ0v) is 43.8. The summed E-state index contributed by atoms with van der Waals surface area (Å²) in [5.41, 5.74) is 3.65. The SMILES string of the molecule is CN[C@@H](C)CN[C@H](C(=O)N1C[C@@H](OCCOCCOCCOCCOc2cc3nccc(Nc4n[nH]c5ccc(F)cc45)c3cc2S(=O)(=O)C(C)(C)C)C[C@H]1C(=O)N[C@@H]1CCCc2ccccc21)C(C)(C)C. The third kappa shape index (κ3) is 13.5. The number of nitrogens with zero attached hydrogens (tertiary/aromatic N) is 3. The Morgan fingerprint density at radius 3 is 2.32 bits per heavy atom. The fourth-order valence-electron chi connectivity index (χ4n) is 9.06. The zero-order chi connectivity index (χ0) is 51.6. The van der Waals surface area contributed by atoms with Crippen LogP contribution in [0.3, 0.4) is 0 Å². The fraction of sp³-hybridized carbons (Fsp3) is 0.547. The van der Waals surface area contributed by atoms with E-state index in [4.69, 9.17) is 23.7 Å². The van der Waals surface area contributed by atoms with Gasteiger partial charge in [-0.2, -0.15) is 5.10 Å². The summed E-state index contributed by atoms with van der Waals surface area (Å²) in [7, 11) is -2.00. The number of aromatic nitrogens is 3. The number of hydrogen-bond donors (Lipinski definition) is 5. The Balaban J connectivity index is 0.852. The second kappa shape index (κ2) is 24.2.